The van der Waals surface area contributed by atoms with Gasteiger partial charge >= 0.3 is 0 Å². The molecule has 3 nitrogen and oxygen atoms in total. The number of hydrogen-bond donors (Lipinski definition) is 1. The molecule has 4 heteroatoms. The van der Waals surface area contributed by atoms with Crippen LogP contribution in [0.25, 0.3) is 6.08 Å². The van der Waals surface area contributed by atoms with Crippen LogP contribution in [0.2, 0.25) is 0 Å². The summed E-state index contributed by atoms with van der Waals surface area (Å²) in [6.45, 7) is 0.640. The number of ether oxygens (including phenoxy) is 1. The van der Waals surface area contributed by atoms with E-state index in [4.69, 9.17) is 4.74 Å². The number of carbonyl (C=O) groups excluding carboxylic acids is 1. The standard InChI is InChI=1S/C18H16FNO2/c19-16-7-3-1-5-13(16)9-10-20-18(21)15-11-14-6-2-4-8-17(14)22-12-15/h1-8,11H,9-10,12H2,(H,20,21). The van der Waals surface area contributed by atoms with Crippen LogP contribution in [0.1, 0.15) is 11.1 Å². The molecule has 1 heterocycles. The summed E-state index contributed by atoms with van der Waals surface area (Å²) in [5.41, 5.74) is 2.07. The first kappa shape index (κ1) is 14.3. The van der Waals surface area contributed by atoms with Crippen LogP contribution < -0.4 is 10.1 Å². The van der Waals surface area contributed by atoms with Crippen molar-refractivity contribution < 1.29 is 13.9 Å². The smallest absolute Gasteiger partial charge is 0.250 e. The summed E-state index contributed by atoms with van der Waals surface area (Å²) in [5, 5.41) is 2.80. The molecule has 1 aliphatic rings. The third kappa shape index (κ3) is 3.17. The molecule has 0 atom stereocenters. The molecule has 112 valence electrons. The normalized spacial score (nSPS) is 12.9. The number of hydrogen-bond acceptors (Lipinski definition) is 2. The van der Waals surface area contributed by atoms with Gasteiger partial charge in [-0.15, -0.1) is 0 Å². The molecule has 0 aliphatic carbocycles. The number of benzene rings is 2. The average molecular weight is 297 g/mol. The number of rotatable bonds is 4. The van der Waals surface area contributed by atoms with E-state index < -0.39 is 0 Å². The summed E-state index contributed by atoms with van der Waals surface area (Å²) in [4.78, 5) is 12.1. The summed E-state index contributed by atoms with van der Waals surface area (Å²) in [7, 11) is 0. The van der Waals surface area contributed by atoms with Gasteiger partial charge in [-0.2, -0.15) is 0 Å². The van der Waals surface area contributed by atoms with E-state index in [-0.39, 0.29) is 18.3 Å². The van der Waals surface area contributed by atoms with Crippen molar-refractivity contribution in [3.05, 3.63) is 71.0 Å². The first-order valence-corrected chi connectivity index (χ1v) is 7.18. The molecule has 1 N–H and O–H groups in total. The number of fused-ring (bicyclic) bond motifs is 1. The van der Waals surface area contributed by atoms with Gasteiger partial charge in [-0.05, 0) is 30.2 Å². The molecule has 22 heavy (non-hydrogen) atoms. The average Bonchev–Trinajstić information content (AvgIpc) is 2.56. The first-order chi connectivity index (χ1) is 10.7. The lowest BCUT2D eigenvalue weighted by molar-refractivity contribution is -0.117. The van der Waals surface area contributed by atoms with E-state index in [0.717, 1.165) is 11.3 Å². The number of halogens is 1. The van der Waals surface area contributed by atoms with Crippen molar-refractivity contribution in [2.75, 3.05) is 13.2 Å². The predicted molar refractivity (Wildman–Crippen MR) is 83.0 cm³/mol. The van der Waals surface area contributed by atoms with Crippen molar-refractivity contribution in [2.45, 2.75) is 6.42 Å². The van der Waals surface area contributed by atoms with Crippen LogP contribution in [-0.4, -0.2) is 19.1 Å². The van der Waals surface area contributed by atoms with Gasteiger partial charge in [0.2, 0.25) is 0 Å². The minimum absolute atomic E-state index is 0.175. The molecule has 0 spiro atoms. The molecular formula is C18H16FNO2. The monoisotopic (exact) mass is 297 g/mol. The lowest BCUT2D eigenvalue weighted by atomic mass is 10.1. The Bertz CT molecular complexity index is 725. The highest BCUT2D eigenvalue weighted by molar-refractivity contribution is 5.99. The van der Waals surface area contributed by atoms with Gasteiger partial charge in [-0.1, -0.05) is 36.4 Å². The Hall–Kier alpha value is -2.62. The summed E-state index contributed by atoms with van der Waals surface area (Å²) < 4.78 is 19.0. The van der Waals surface area contributed by atoms with E-state index in [0.29, 0.717) is 24.1 Å². The maximum atomic E-state index is 13.5. The summed E-state index contributed by atoms with van der Waals surface area (Å²) in [5.74, 6) is 0.363. The predicted octanol–water partition coefficient (Wildman–Crippen LogP) is 2.96. The van der Waals surface area contributed by atoms with Crippen molar-refractivity contribution in [2.24, 2.45) is 0 Å². The molecule has 0 saturated heterocycles. The molecule has 3 rings (SSSR count). The number of nitrogens with one attached hydrogen (secondary N) is 1. The fourth-order valence-electron chi connectivity index (χ4n) is 2.37. The molecule has 1 aliphatic heterocycles. The van der Waals surface area contributed by atoms with Gasteiger partial charge in [0.25, 0.3) is 5.91 Å². The van der Waals surface area contributed by atoms with Gasteiger partial charge in [0.05, 0.1) is 5.57 Å². The highest BCUT2D eigenvalue weighted by atomic mass is 19.1. The van der Waals surface area contributed by atoms with Crippen molar-refractivity contribution in [3.63, 3.8) is 0 Å². The Morgan fingerprint density at radius 2 is 1.91 bits per heavy atom. The molecule has 0 fully saturated rings. The molecule has 0 saturated carbocycles. The molecule has 2 aromatic carbocycles. The minimum atomic E-state index is -0.245. The number of amides is 1. The van der Waals surface area contributed by atoms with Crippen LogP contribution in [0.5, 0.6) is 5.75 Å². The molecule has 0 unspecified atom stereocenters. The van der Waals surface area contributed by atoms with Crippen molar-refractivity contribution in [1.29, 1.82) is 0 Å². The summed E-state index contributed by atoms with van der Waals surface area (Å²) in [6.07, 6.45) is 2.29. The van der Waals surface area contributed by atoms with Crippen LogP contribution in [0.4, 0.5) is 4.39 Å². The molecule has 0 aromatic heterocycles. The third-order valence-corrected chi connectivity index (χ3v) is 3.56. The Morgan fingerprint density at radius 3 is 2.77 bits per heavy atom. The second-order valence-corrected chi connectivity index (χ2v) is 5.09. The lowest BCUT2D eigenvalue weighted by Gasteiger charge is -2.17. The summed E-state index contributed by atoms with van der Waals surface area (Å²) in [6, 6.07) is 14.2. The van der Waals surface area contributed by atoms with E-state index in [1.54, 1.807) is 18.2 Å². The maximum absolute atomic E-state index is 13.5. The minimum Gasteiger partial charge on any atom is -0.488 e. The van der Waals surface area contributed by atoms with E-state index in [1.165, 1.54) is 6.07 Å². The van der Waals surface area contributed by atoms with Gasteiger partial charge in [0.1, 0.15) is 18.2 Å². The van der Waals surface area contributed by atoms with Crippen molar-refractivity contribution in [3.8, 4) is 5.75 Å². The fraction of sp³-hybridized carbons (Fsp3) is 0.167. The maximum Gasteiger partial charge on any atom is 0.250 e. The summed E-state index contributed by atoms with van der Waals surface area (Å²) >= 11 is 0. The van der Waals surface area contributed by atoms with Gasteiger partial charge in [0.15, 0.2) is 0 Å². The first-order valence-electron chi connectivity index (χ1n) is 7.18. The Kier molecular flexibility index (Phi) is 4.19. The fourth-order valence-corrected chi connectivity index (χ4v) is 2.37. The van der Waals surface area contributed by atoms with E-state index in [1.807, 2.05) is 30.3 Å². The number of para-hydroxylation sites is 1. The zero-order chi connectivity index (χ0) is 15.4. The highest BCUT2D eigenvalue weighted by Crippen LogP contribution is 2.25. The van der Waals surface area contributed by atoms with E-state index in [9.17, 15) is 9.18 Å². The van der Waals surface area contributed by atoms with Crippen LogP contribution in [0.15, 0.2) is 54.1 Å². The third-order valence-electron chi connectivity index (χ3n) is 3.56. The molecular weight excluding hydrogens is 281 g/mol. The molecule has 2 aromatic rings. The Balaban J connectivity index is 1.59. The SMILES string of the molecule is O=C(NCCc1ccccc1F)C1=Cc2ccccc2OC1. The molecule has 1 amide bonds. The van der Waals surface area contributed by atoms with Crippen LogP contribution in [0, 0.1) is 5.82 Å². The zero-order valence-corrected chi connectivity index (χ0v) is 12.0. The van der Waals surface area contributed by atoms with Gasteiger partial charge < -0.3 is 10.1 Å². The van der Waals surface area contributed by atoms with Crippen molar-refractivity contribution >= 4 is 12.0 Å². The van der Waals surface area contributed by atoms with Gasteiger partial charge in [0, 0.05) is 12.1 Å². The lowest BCUT2D eigenvalue weighted by Crippen LogP contribution is -2.30. The quantitative estimate of drug-likeness (QED) is 0.942. The molecule has 0 radical (unpaired) electrons. The highest BCUT2D eigenvalue weighted by Gasteiger charge is 2.16. The van der Waals surface area contributed by atoms with Crippen LogP contribution >= 0.6 is 0 Å². The van der Waals surface area contributed by atoms with E-state index >= 15 is 0 Å². The Labute approximate surface area is 128 Å². The van der Waals surface area contributed by atoms with Crippen LogP contribution in [-0.2, 0) is 11.2 Å². The molecule has 0 bridgehead atoms. The topological polar surface area (TPSA) is 38.3 Å². The van der Waals surface area contributed by atoms with E-state index in [2.05, 4.69) is 5.32 Å². The van der Waals surface area contributed by atoms with Gasteiger partial charge in [-0.25, -0.2) is 4.39 Å². The number of carbonyl (C=O) groups is 1. The second-order valence-electron chi connectivity index (χ2n) is 5.09. The van der Waals surface area contributed by atoms with Crippen LogP contribution in [0.3, 0.4) is 0 Å². The zero-order valence-electron chi connectivity index (χ0n) is 12.0. The second kappa shape index (κ2) is 6.43. The Morgan fingerprint density at radius 1 is 1.14 bits per heavy atom. The van der Waals surface area contributed by atoms with Gasteiger partial charge in [-0.3, -0.25) is 4.79 Å². The largest absolute Gasteiger partial charge is 0.488 e. The van der Waals surface area contributed by atoms with Crippen molar-refractivity contribution in [1.82, 2.24) is 5.32 Å².